The lowest BCUT2D eigenvalue weighted by molar-refractivity contribution is 0.0767. The molecule has 0 spiro atoms. The van der Waals surface area contributed by atoms with Crippen LogP contribution in [-0.4, -0.2) is 54.4 Å². The number of oxazole rings is 1. The fraction of sp³-hybridized carbons (Fsp3) is 0.444. The normalized spacial score (nSPS) is 26.2. The standard InChI is InChI=1S/C18H21N3O4S/c1-12-16(19-11-25-12)18(22)20-8-14-9-21(26(2,23)24)17(15(14)10-20)13-6-4-3-5-7-13/h3-7,11,14-15,17H,8-10H2,1-2H3/t14-,15-,17+/m1/s1. The minimum absolute atomic E-state index is 0.0725. The summed E-state index contributed by atoms with van der Waals surface area (Å²) in [4.78, 5) is 18.5. The molecular formula is C18H21N3O4S. The molecule has 2 saturated heterocycles. The maximum absolute atomic E-state index is 12.8. The molecule has 0 saturated carbocycles. The van der Waals surface area contributed by atoms with E-state index in [4.69, 9.17) is 4.42 Å². The Bertz CT molecular complexity index is 925. The van der Waals surface area contributed by atoms with E-state index >= 15 is 0 Å². The van der Waals surface area contributed by atoms with Crippen molar-refractivity contribution in [3.8, 4) is 0 Å². The third-order valence-corrected chi connectivity index (χ3v) is 6.65. The van der Waals surface area contributed by atoms with Crippen LogP contribution in [0.4, 0.5) is 0 Å². The molecule has 1 aromatic carbocycles. The van der Waals surface area contributed by atoms with Crippen LogP contribution in [0.5, 0.6) is 0 Å². The van der Waals surface area contributed by atoms with E-state index in [0.717, 1.165) is 5.56 Å². The summed E-state index contributed by atoms with van der Waals surface area (Å²) in [5.74, 6) is 0.544. The number of hydrogen-bond acceptors (Lipinski definition) is 5. The first-order chi connectivity index (χ1) is 12.4. The largest absolute Gasteiger partial charge is 0.448 e. The Morgan fingerprint density at radius 2 is 1.92 bits per heavy atom. The fourth-order valence-corrected chi connectivity index (χ4v) is 5.39. The maximum atomic E-state index is 12.8. The summed E-state index contributed by atoms with van der Waals surface area (Å²) in [7, 11) is -3.33. The van der Waals surface area contributed by atoms with Crippen LogP contribution in [0.2, 0.25) is 0 Å². The molecule has 4 rings (SSSR count). The molecule has 26 heavy (non-hydrogen) atoms. The average Bonchev–Trinajstić information content (AvgIpc) is 3.27. The van der Waals surface area contributed by atoms with E-state index in [2.05, 4.69) is 4.98 Å². The molecule has 7 nitrogen and oxygen atoms in total. The minimum atomic E-state index is -3.33. The number of carbonyl (C=O) groups is 1. The van der Waals surface area contributed by atoms with E-state index < -0.39 is 10.0 Å². The van der Waals surface area contributed by atoms with Crippen LogP contribution in [-0.2, 0) is 10.0 Å². The molecule has 8 heteroatoms. The second kappa shape index (κ2) is 6.21. The van der Waals surface area contributed by atoms with Gasteiger partial charge in [0.1, 0.15) is 5.76 Å². The summed E-state index contributed by atoms with van der Waals surface area (Å²) in [6, 6.07) is 9.42. The molecule has 0 N–H and O–H groups in total. The first-order valence-corrected chi connectivity index (χ1v) is 10.4. The van der Waals surface area contributed by atoms with Crippen LogP contribution in [0.1, 0.15) is 27.9 Å². The van der Waals surface area contributed by atoms with Crippen LogP contribution in [0.15, 0.2) is 41.1 Å². The zero-order chi connectivity index (χ0) is 18.5. The average molecular weight is 375 g/mol. The number of amides is 1. The molecule has 0 aliphatic carbocycles. The topological polar surface area (TPSA) is 83.7 Å². The van der Waals surface area contributed by atoms with Gasteiger partial charge in [-0.25, -0.2) is 13.4 Å². The van der Waals surface area contributed by atoms with E-state index in [1.807, 2.05) is 30.3 Å². The van der Waals surface area contributed by atoms with Gasteiger partial charge in [0.05, 0.1) is 12.3 Å². The van der Waals surface area contributed by atoms with Crippen LogP contribution < -0.4 is 0 Å². The van der Waals surface area contributed by atoms with Gasteiger partial charge >= 0.3 is 0 Å². The van der Waals surface area contributed by atoms with Crippen molar-refractivity contribution >= 4 is 15.9 Å². The zero-order valence-corrected chi connectivity index (χ0v) is 15.5. The first-order valence-electron chi connectivity index (χ1n) is 8.57. The molecule has 2 aliphatic rings. The van der Waals surface area contributed by atoms with E-state index in [1.54, 1.807) is 16.1 Å². The number of rotatable bonds is 3. The van der Waals surface area contributed by atoms with Gasteiger partial charge in [0.25, 0.3) is 5.91 Å². The number of hydrogen-bond donors (Lipinski definition) is 0. The second-order valence-electron chi connectivity index (χ2n) is 7.08. The van der Waals surface area contributed by atoms with Crippen LogP contribution in [0.25, 0.3) is 0 Å². The lowest BCUT2D eigenvalue weighted by atomic mass is 9.90. The Labute approximate surface area is 152 Å². The molecule has 3 heterocycles. The number of carbonyl (C=O) groups excluding carboxylic acids is 1. The van der Waals surface area contributed by atoms with Crippen LogP contribution in [0, 0.1) is 18.8 Å². The molecule has 138 valence electrons. The highest BCUT2D eigenvalue weighted by Gasteiger charge is 2.51. The molecule has 0 bridgehead atoms. The van der Waals surface area contributed by atoms with Gasteiger partial charge in [-0.05, 0) is 18.4 Å². The summed E-state index contributed by atoms with van der Waals surface area (Å²) in [5, 5.41) is 0. The van der Waals surface area contributed by atoms with Crippen molar-refractivity contribution in [1.82, 2.24) is 14.2 Å². The number of likely N-dealkylation sites (tertiary alicyclic amines) is 1. The predicted octanol–water partition coefficient (Wildman–Crippen LogP) is 1.69. The lowest BCUT2D eigenvalue weighted by Crippen LogP contribution is -2.37. The van der Waals surface area contributed by atoms with E-state index in [9.17, 15) is 13.2 Å². The monoisotopic (exact) mass is 375 g/mol. The minimum Gasteiger partial charge on any atom is -0.448 e. The SMILES string of the molecule is Cc1ocnc1C(=O)N1C[C@@H]2CN(S(C)(=O)=O)[C@@H](c3ccccc3)[C@@H]2C1. The Morgan fingerprint density at radius 1 is 1.19 bits per heavy atom. The van der Waals surface area contributed by atoms with Gasteiger partial charge in [-0.3, -0.25) is 4.79 Å². The zero-order valence-electron chi connectivity index (χ0n) is 14.7. The number of nitrogens with zero attached hydrogens (tertiary/aromatic N) is 3. The Morgan fingerprint density at radius 3 is 2.54 bits per heavy atom. The molecule has 0 radical (unpaired) electrons. The van der Waals surface area contributed by atoms with Gasteiger partial charge in [0, 0.05) is 25.6 Å². The van der Waals surface area contributed by atoms with Crippen molar-refractivity contribution in [2.45, 2.75) is 13.0 Å². The van der Waals surface area contributed by atoms with Crippen molar-refractivity contribution in [2.75, 3.05) is 25.9 Å². The highest BCUT2D eigenvalue weighted by atomic mass is 32.2. The third kappa shape index (κ3) is 2.83. The van der Waals surface area contributed by atoms with E-state index in [1.165, 1.54) is 12.6 Å². The van der Waals surface area contributed by atoms with Gasteiger partial charge in [-0.15, -0.1) is 0 Å². The molecular weight excluding hydrogens is 354 g/mol. The first kappa shape index (κ1) is 17.2. The number of fused-ring (bicyclic) bond motifs is 1. The van der Waals surface area contributed by atoms with E-state index in [0.29, 0.717) is 31.1 Å². The lowest BCUT2D eigenvalue weighted by Gasteiger charge is -2.28. The van der Waals surface area contributed by atoms with Gasteiger partial charge in [0.15, 0.2) is 12.1 Å². The van der Waals surface area contributed by atoms with Crippen LogP contribution in [0.3, 0.4) is 0 Å². The van der Waals surface area contributed by atoms with Crippen molar-refractivity contribution in [2.24, 2.45) is 11.8 Å². The molecule has 2 aliphatic heterocycles. The third-order valence-electron chi connectivity index (χ3n) is 5.42. The Balaban J connectivity index is 1.63. The van der Waals surface area contributed by atoms with Gasteiger partial charge in [-0.1, -0.05) is 30.3 Å². The van der Waals surface area contributed by atoms with E-state index in [-0.39, 0.29) is 23.8 Å². The summed E-state index contributed by atoms with van der Waals surface area (Å²) in [6.45, 7) is 3.20. The second-order valence-corrected chi connectivity index (χ2v) is 9.01. The summed E-state index contributed by atoms with van der Waals surface area (Å²) in [6.07, 6.45) is 2.53. The summed E-state index contributed by atoms with van der Waals surface area (Å²) < 4.78 is 31.4. The van der Waals surface area contributed by atoms with Crippen molar-refractivity contribution < 1.29 is 17.6 Å². The maximum Gasteiger partial charge on any atom is 0.276 e. The van der Waals surface area contributed by atoms with Crippen molar-refractivity contribution in [1.29, 1.82) is 0 Å². The Kier molecular flexibility index (Phi) is 4.11. The van der Waals surface area contributed by atoms with Gasteiger partial charge in [0.2, 0.25) is 10.0 Å². The van der Waals surface area contributed by atoms with Gasteiger partial charge < -0.3 is 9.32 Å². The molecule has 0 unspecified atom stereocenters. The van der Waals surface area contributed by atoms with Gasteiger partial charge in [-0.2, -0.15) is 4.31 Å². The fourth-order valence-electron chi connectivity index (χ4n) is 4.24. The van der Waals surface area contributed by atoms with Crippen LogP contribution >= 0.6 is 0 Å². The highest BCUT2D eigenvalue weighted by Crippen LogP contribution is 2.46. The molecule has 1 aromatic heterocycles. The molecule has 1 amide bonds. The van der Waals surface area contributed by atoms with Crippen molar-refractivity contribution in [3.05, 3.63) is 53.7 Å². The number of aromatic nitrogens is 1. The predicted molar refractivity (Wildman–Crippen MR) is 94.9 cm³/mol. The smallest absolute Gasteiger partial charge is 0.276 e. The van der Waals surface area contributed by atoms with Crippen molar-refractivity contribution in [3.63, 3.8) is 0 Å². The number of benzene rings is 1. The summed E-state index contributed by atoms with van der Waals surface area (Å²) >= 11 is 0. The quantitative estimate of drug-likeness (QED) is 0.815. The molecule has 2 aromatic rings. The highest BCUT2D eigenvalue weighted by molar-refractivity contribution is 7.88. The summed E-state index contributed by atoms with van der Waals surface area (Å²) in [5.41, 5.74) is 1.30. The number of sulfonamides is 1. The number of aryl methyl sites for hydroxylation is 1. The molecule has 3 atom stereocenters. The molecule has 2 fully saturated rings. The Hall–Kier alpha value is -2.19.